The zero-order valence-corrected chi connectivity index (χ0v) is 19.7. The van der Waals surface area contributed by atoms with Gasteiger partial charge in [0.05, 0.1) is 7.11 Å². The minimum atomic E-state index is -0.535. The van der Waals surface area contributed by atoms with Crippen LogP contribution in [0.25, 0.3) is 0 Å². The average molecular weight is 478 g/mol. The number of benzene rings is 3. The molecule has 182 valence electrons. The summed E-state index contributed by atoms with van der Waals surface area (Å²) in [6.07, 6.45) is 0.260. The molecule has 0 spiro atoms. The summed E-state index contributed by atoms with van der Waals surface area (Å²) in [5.41, 5.74) is 2.02. The number of esters is 1. The Morgan fingerprint density at radius 3 is 2.06 bits per heavy atom. The van der Waals surface area contributed by atoms with E-state index in [2.05, 4.69) is 0 Å². The summed E-state index contributed by atoms with van der Waals surface area (Å²) in [5, 5.41) is 11.0. The molecule has 0 aromatic heterocycles. The zero-order valence-electron chi connectivity index (χ0n) is 19.7. The van der Waals surface area contributed by atoms with Gasteiger partial charge in [-0.05, 0) is 35.7 Å². The van der Waals surface area contributed by atoms with Crippen molar-refractivity contribution in [3.05, 3.63) is 65.2 Å². The summed E-state index contributed by atoms with van der Waals surface area (Å²) in [5.74, 6) is 2.29. The number of rotatable bonds is 7. The molecular formula is C27H26O8. The first-order valence-corrected chi connectivity index (χ1v) is 11.3. The highest BCUT2D eigenvalue weighted by molar-refractivity contribution is 5.74. The first-order chi connectivity index (χ1) is 16.9. The quantitative estimate of drug-likeness (QED) is 0.288. The Hall–Kier alpha value is -4.07. The number of carbonyl (C=O) groups excluding carboxylic acids is 1. The monoisotopic (exact) mass is 478 g/mol. The van der Waals surface area contributed by atoms with Crippen LogP contribution >= 0.6 is 0 Å². The third kappa shape index (κ3) is 4.51. The molecule has 0 bridgehead atoms. The van der Waals surface area contributed by atoms with Crippen LogP contribution in [0.3, 0.4) is 0 Å². The smallest absolute Gasteiger partial charge is 0.311 e. The van der Waals surface area contributed by atoms with Gasteiger partial charge in [-0.1, -0.05) is 26.0 Å². The fourth-order valence-corrected chi connectivity index (χ4v) is 4.25. The molecule has 0 radical (unpaired) electrons. The fraction of sp³-hybridized carbons (Fsp3) is 0.296. The molecule has 5 rings (SSSR count). The molecule has 8 heteroatoms. The lowest BCUT2D eigenvalue weighted by molar-refractivity contribution is -0.135. The molecule has 2 aliphatic heterocycles. The summed E-state index contributed by atoms with van der Waals surface area (Å²) in [6, 6.07) is 14.2. The van der Waals surface area contributed by atoms with Gasteiger partial charge in [-0.3, -0.25) is 4.79 Å². The largest absolute Gasteiger partial charge is 0.507 e. The van der Waals surface area contributed by atoms with Crippen molar-refractivity contribution in [1.29, 1.82) is 0 Å². The van der Waals surface area contributed by atoms with Crippen LogP contribution in [0.5, 0.6) is 40.2 Å². The molecule has 1 atom stereocenters. The summed E-state index contributed by atoms with van der Waals surface area (Å²) in [4.78, 5) is 12.7. The fourth-order valence-electron chi connectivity index (χ4n) is 4.25. The Kier molecular flexibility index (Phi) is 6.03. The van der Waals surface area contributed by atoms with E-state index in [1.54, 1.807) is 25.3 Å². The highest BCUT2D eigenvalue weighted by Crippen LogP contribution is 2.49. The number of fused-ring (bicyclic) bond motifs is 2. The molecule has 1 N–H and O–H groups in total. The van der Waals surface area contributed by atoms with Crippen LogP contribution in [0.15, 0.2) is 48.5 Å². The maximum absolute atomic E-state index is 12.7. The van der Waals surface area contributed by atoms with Crippen molar-refractivity contribution in [2.24, 2.45) is 5.92 Å². The van der Waals surface area contributed by atoms with E-state index >= 15 is 0 Å². The lowest BCUT2D eigenvalue weighted by atomic mass is 9.83. The van der Waals surface area contributed by atoms with Gasteiger partial charge < -0.3 is 33.5 Å². The SMILES string of the molecule is COc1ccc([C@H](c2cc3c(cc2O)OCO3)c2cc3c(cc2OC(=O)CC(C)C)OCO3)cc1. The maximum atomic E-state index is 12.7. The van der Waals surface area contributed by atoms with Crippen molar-refractivity contribution < 1.29 is 38.3 Å². The third-order valence-electron chi connectivity index (χ3n) is 5.90. The predicted octanol–water partition coefficient (Wildman–Crippen LogP) is 4.99. The van der Waals surface area contributed by atoms with Gasteiger partial charge in [0, 0.05) is 35.6 Å². The Morgan fingerprint density at radius 2 is 1.46 bits per heavy atom. The van der Waals surface area contributed by atoms with E-state index in [1.807, 2.05) is 38.1 Å². The van der Waals surface area contributed by atoms with Crippen LogP contribution in [0, 0.1) is 5.92 Å². The van der Waals surface area contributed by atoms with Gasteiger partial charge in [-0.25, -0.2) is 0 Å². The number of methoxy groups -OCH3 is 1. The number of phenolic OH excluding ortho intramolecular Hbond substituents is 1. The molecule has 3 aromatic rings. The van der Waals surface area contributed by atoms with E-state index < -0.39 is 5.92 Å². The lowest BCUT2D eigenvalue weighted by Gasteiger charge is -2.23. The average Bonchev–Trinajstić information content (AvgIpc) is 3.48. The normalized spacial score (nSPS) is 14.2. The molecule has 0 unspecified atom stereocenters. The van der Waals surface area contributed by atoms with Crippen LogP contribution in [0.2, 0.25) is 0 Å². The Bertz CT molecular complexity index is 1250. The minimum Gasteiger partial charge on any atom is -0.507 e. The topological polar surface area (TPSA) is 92.7 Å². The van der Waals surface area contributed by atoms with Gasteiger partial charge >= 0.3 is 5.97 Å². The molecule has 2 heterocycles. The van der Waals surface area contributed by atoms with E-state index in [4.69, 9.17) is 28.4 Å². The van der Waals surface area contributed by atoms with Gasteiger partial charge in [0.25, 0.3) is 0 Å². The molecule has 2 aliphatic rings. The van der Waals surface area contributed by atoms with Crippen LogP contribution < -0.4 is 28.4 Å². The van der Waals surface area contributed by atoms with Crippen molar-refractivity contribution in [3.63, 3.8) is 0 Å². The van der Waals surface area contributed by atoms with E-state index in [9.17, 15) is 9.90 Å². The van der Waals surface area contributed by atoms with Gasteiger partial charge in [-0.2, -0.15) is 0 Å². The second-order valence-electron chi connectivity index (χ2n) is 8.79. The van der Waals surface area contributed by atoms with Crippen LogP contribution in [0.1, 0.15) is 42.9 Å². The summed E-state index contributed by atoms with van der Waals surface area (Å²) >= 11 is 0. The maximum Gasteiger partial charge on any atom is 0.311 e. The standard InChI is InChI=1S/C27H26O8/c1-15(2)8-26(29)35-21-12-25-23(32-14-34-25)10-19(21)27(16-4-6-17(30-3)7-5-16)18-9-22-24(11-20(18)28)33-13-31-22/h4-7,9-12,15,27-28H,8,13-14H2,1-3H3/t27-/m1/s1. The summed E-state index contributed by atoms with van der Waals surface area (Å²) < 4.78 is 33.4. The number of hydrogen-bond acceptors (Lipinski definition) is 8. The van der Waals surface area contributed by atoms with Crippen LogP contribution in [-0.4, -0.2) is 31.8 Å². The number of aromatic hydroxyl groups is 1. The lowest BCUT2D eigenvalue weighted by Crippen LogP contribution is -2.14. The van der Waals surface area contributed by atoms with Crippen LogP contribution in [0.4, 0.5) is 0 Å². The number of ether oxygens (including phenoxy) is 6. The summed E-state index contributed by atoms with van der Waals surface area (Å²) in [7, 11) is 1.60. The van der Waals surface area contributed by atoms with Gasteiger partial charge in [0.2, 0.25) is 13.6 Å². The Labute approximate surface area is 202 Å². The highest BCUT2D eigenvalue weighted by Gasteiger charge is 2.30. The summed E-state index contributed by atoms with van der Waals surface area (Å²) in [6.45, 7) is 4.05. The van der Waals surface area contributed by atoms with E-state index in [-0.39, 0.29) is 37.6 Å². The van der Waals surface area contributed by atoms with Gasteiger partial charge in [0.1, 0.15) is 17.2 Å². The molecule has 0 saturated carbocycles. The molecule has 8 nitrogen and oxygen atoms in total. The Morgan fingerprint density at radius 1 is 0.886 bits per heavy atom. The molecule has 0 aliphatic carbocycles. The third-order valence-corrected chi connectivity index (χ3v) is 5.90. The molecular weight excluding hydrogens is 452 g/mol. The second-order valence-corrected chi connectivity index (χ2v) is 8.79. The van der Waals surface area contributed by atoms with Crippen molar-refractivity contribution in [3.8, 4) is 40.2 Å². The molecule has 0 saturated heterocycles. The first kappa shape index (κ1) is 22.7. The van der Waals surface area contributed by atoms with E-state index in [0.717, 1.165) is 5.56 Å². The molecule has 0 fully saturated rings. The number of hydrogen-bond donors (Lipinski definition) is 1. The Balaban J connectivity index is 1.68. The molecule has 35 heavy (non-hydrogen) atoms. The van der Waals surface area contributed by atoms with E-state index in [0.29, 0.717) is 45.6 Å². The number of carbonyl (C=O) groups is 1. The zero-order chi connectivity index (χ0) is 24.5. The van der Waals surface area contributed by atoms with Crippen molar-refractivity contribution in [2.45, 2.75) is 26.2 Å². The van der Waals surface area contributed by atoms with Crippen LogP contribution in [-0.2, 0) is 4.79 Å². The van der Waals surface area contributed by atoms with E-state index in [1.165, 1.54) is 6.07 Å². The minimum absolute atomic E-state index is 0.0205. The van der Waals surface area contributed by atoms with Crippen molar-refractivity contribution >= 4 is 5.97 Å². The van der Waals surface area contributed by atoms with Crippen molar-refractivity contribution in [1.82, 2.24) is 0 Å². The number of phenols is 1. The molecule has 3 aromatic carbocycles. The first-order valence-electron chi connectivity index (χ1n) is 11.3. The van der Waals surface area contributed by atoms with Gasteiger partial charge in [0.15, 0.2) is 23.0 Å². The van der Waals surface area contributed by atoms with Crippen molar-refractivity contribution in [2.75, 3.05) is 20.7 Å². The second kappa shape index (κ2) is 9.29. The highest BCUT2D eigenvalue weighted by atomic mass is 16.7. The van der Waals surface area contributed by atoms with Gasteiger partial charge in [-0.15, -0.1) is 0 Å². The predicted molar refractivity (Wildman–Crippen MR) is 126 cm³/mol. The molecule has 0 amide bonds.